The number of aromatic nitrogens is 1. The van der Waals surface area contributed by atoms with Gasteiger partial charge in [-0.3, -0.25) is 9.59 Å². The largest absolute Gasteiger partial charge is 0.444 e. The summed E-state index contributed by atoms with van der Waals surface area (Å²) < 4.78 is 5.56. The van der Waals surface area contributed by atoms with Gasteiger partial charge in [-0.1, -0.05) is 29.3 Å². The van der Waals surface area contributed by atoms with E-state index in [0.717, 1.165) is 17.7 Å². The van der Waals surface area contributed by atoms with Crippen LogP contribution in [0.25, 0.3) is 11.5 Å². The van der Waals surface area contributed by atoms with Crippen LogP contribution in [0.3, 0.4) is 0 Å². The van der Waals surface area contributed by atoms with E-state index in [4.69, 9.17) is 16.0 Å². The van der Waals surface area contributed by atoms with Crippen LogP contribution in [0.4, 0.5) is 5.69 Å². The lowest BCUT2D eigenvalue weighted by Crippen LogP contribution is -2.30. The standard InChI is InChI=1S/C23H22ClN3O3/c1-15-4-6-16(7-5-15)23-26-18(14-30-23)10-11-25-22(29)19-9-8-17(24)13-20(19)27-12-2-3-21(27)28/h4-9,13-14H,2-3,10-12H2,1H3,(H,25,29). The molecule has 1 N–H and O–H groups in total. The van der Waals surface area contributed by atoms with Crippen LogP contribution in [-0.2, 0) is 11.2 Å². The van der Waals surface area contributed by atoms with Crippen LogP contribution in [0.2, 0.25) is 5.02 Å². The highest BCUT2D eigenvalue weighted by Gasteiger charge is 2.26. The monoisotopic (exact) mass is 423 g/mol. The third kappa shape index (κ3) is 4.39. The zero-order valence-electron chi connectivity index (χ0n) is 16.7. The Kier molecular flexibility index (Phi) is 5.86. The first-order valence-corrected chi connectivity index (χ1v) is 10.3. The number of carbonyl (C=O) groups is 2. The normalized spacial score (nSPS) is 13.7. The smallest absolute Gasteiger partial charge is 0.253 e. The summed E-state index contributed by atoms with van der Waals surface area (Å²) in [5, 5.41) is 3.39. The molecule has 0 saturated carbocycles. The zero-order valence-corrected chi connectivity index (χ0v) is 17.4. The molecule has 154 valence electrons. The number of carbonyl (C=O) groups excluding carboxylic acids is 2. The summed E-state index contributed by atoms with van der Waals surface area (Å²) in [6.07, 6.45) is 3.41. The highest BCUT2D eigenvalue weighted by molar-refractivity contribution is 6.31. The Balaban J connectivity index is 1.40. The Morgan fingerprint density at radius 1 is 1.23 bits per heavy atom. The Labute approximate surface area is 179 Å². The number of benzene rings is 2. The van der Waals surface area contributed by atoms with Gasteiger partial charge in [0.25, 0.3) is 5.91 Å². The van der Waals surface area contributed by atoms with Crippen molar-refractivity contribution < 1.29 is 14.0 Å². The number of anilines is 1. The summed E-state index contributed by atoms with van der Waals surface area (Å²) >= 11 is 6.11. The molecule has 1 aromatic heterocycles. The molecule has 1 aliphatic rings. The molecule has 4 rings (SSSR count). The molecule has 0 radical (unpaired) electrons. The quantitative estimate of drug-likeness (QED) is 0.637. The van der Waals surface area contributed by atoms with E-state index in [0.29, 0.717) is 48.1 Å². The average Bonchev–Trinajstić information content (AvgIpc) is 3.37. The molecule has 30 heavy (non-hydrogen) atoms. The number of nitrogens with one attached hydrogen (secondary N) is 1. The SMILES string of the molecule is Cc1ccc(-c2nc(CCNC(=O)c3ccc(Cl)cc3N3CCCC3=O)co2)cc1. The number of hydrogen-bond acceptors (Lipinski definition) is 4. The number of nitrogens with zero attached hydrogens (tertiary/aromatic N) is 2. The number of hydrogen-bond donors (Lipinski definition) is 1. The molecule has 2 heterocycles. The van der Waals surface area contributed by atoms with E-state index in [-0.39, 0.29) is 11.8 Å². The van der Waals surface area contributed by atoms with Crippen LogP contribution in [0.15, 0.2) is 53.1 Å². The van der Waals surface area contributed by atoms with Crippen LogP contribution in [0, 0.1) is 6.92 Å². The van der Waals surface area contributed by atoms with Gasteiger partial charge < -0.3 is 14.6 Å². The van der Waals surface area contributed by atoms with Gasteiger partial charge in [-0.2, -0.15) is 0 Å². The fourth-order valence-electron chi connectivity index (χ4n) is 3.47. The van der Waals surface area contributed by atoms with E-state index in [1.165, 1.54) is 5.56 Å². The Hall–Kier alpha value is -3.12. The minimum Gasteiger partial charge on any atom is -0.444 e. The number of aryl methyl sites for hydroxylation is 1. The molecule has 0 bridgehead atoms. The summed E-state index contributed by atoms with van der Waals surface area (Å²) in [5.41, 5.74) is 3.85. The molecule has 1 fully saturated rings. The van der Waals surface area contributed by atoms with Gasteiger partial charge in [0, 0.05) is 36.5 Å². The Morgan fingerprint density at radius 2 is 2.03 bits per heavy atom. The first-order chi connectivity index (χ1) is 14.5. The van der Waals surface area contributed by atoms with Crippen molar-refractivity contribution in [2.24, 2.45) is 0 Å². The molecule has 6 nitrogen and oxygen atoms in total. The molecule has 1 saturated heterocycles. The maximum atomic E-state index is 12.8. The van der Waals surface area contributed by atoms with Crippen molar-refractivity contribution >= 4 is 29.1 Å². The van der Waals surface area contributed by atoms with Crippen molar-refractivity contribution in [3.63, 3.8) is 0 Å². The summed E-state index contributed by atoms with van der Waals surface area (Å²) in [7, 11) is 0. The maximum Gasteiger partial charge on any atom is 0.253 e. The third-order valence-corrected chi connectivity index (χ3v) is 5.32. The van der Waals surface area contributed by atoms with Crippen LogP contribution in [-0.4, -0.2) is 29.9 Å². The van der Waals surface area contributed by atoms with Crippen molar-refractivity contribution in [2.45, 2.75) is 26.2 Å². The van der Waals surface area contributed by atoms with Gasteiger partial charge in [-0.15, -0.1) is 0 Å². The van der Waals surface area contributed by atoms with E-state index >= 15 is 0 Å². The molecule has 0 atom stereocenters. The highest BCUT2D eigenvalue weighted by Crippen LogP contribution is 2.28. The average molecular weight is 424 g/mol. The molecular formula is C23H22ClN3O3. The lowest BCUT2D eigenvalue weighted by Gasteiger charge is -2.19. The molecule has 3 aromatic rings. The van der Waals surface area contributed by atoms with Gasteiger partial charge in [-0.25, -0.2) is 4.98 Å². The van der Waals surface area contributed by atoms with Gasteiger partial charge >= 0.3 is 0 Å². The lowest BCUT2D eigenvalue weighted by molar-refractivity contribution is -0.117. The van der Waals surface area contributed by atoms with Crippen LogP contribution in [0.1, 0.15) is 34.5 Å². The summed E-state index contributed by atoms with van der Waals surface area (Å²) in [4.78, 5) is 31.0. The van der Waals surface area contributed by atoms with Crippen molar-refractivity contribution in [1.29, 1.82) is 0 Å². The maximum absolute atomic E-state index is 12.8. The molecule has 0 aliphatic carbocycles. The second-order valence-electron chi connectivity index (χ2n) is 7.33. The van der Waals surface area contributed by atoms with Gasteiger partial charge in [0.1, 0.15) is 6.26 Å². The predicted molar refractivity (Wildman–Crippen MR) is 116 cm³/mol. The first kappa shape index (κ1) is 20.2. The zero-order chi connectivity index (χ0) is 21.1. The molecule has 0 spiro atoms. The molecule has 2 aromatic carbocycles. The van der Waals surface area contributed by atoms with Gasteiger partial charge in [0.2, 0.25) is 11.8 Å². The van der Waals surface area contributed by atoms with Gasteiger partial charge in [-0.05, 0) is 43.7 Å². The fourth-order valence-corrected chi connectivity index (χ4v) is 3.64. The van der Waals surface area contributed by atoms with E-state index in [1.54, 1.807) is 29.4 Å². The molecule has 2 amide bonds. The van der Waals surface area contributed by atoms with Crippen molar-refractivity contribution in [2.75, 3.05) is 18.0 Å². The van der Waals surface area contributed by atoms with Crippen LogP contribution >= 0.6 is 11.6 Å². The Morgan fingerprint density at radius 3 is 2.77 bits per heavy atom. The topological polar surface area (TPSA) is 75.4 Å². The molecule has 0 unspecified atom stereocenters. The summed E-state index contributed by atoms with van der Waals surface area (Å²) in [5.74, 6) is 0.324. The van der Waals surface area contributed by atoms with Gasteiger partial charge in [0.15, 0.2) is 0 Å². The molecule has 1 aliphatic heterocycles. The number of rotatable bonds is 6. The molecule has 7 heteroatoms. The predicted octanol–water partition coefficient (Wildman–Crippen LogP) is 4.40. The minimum absolute atomic E-state index is 0.0116. The molecular weight excluding hydrogens is 402 g/mol. The first-order valence-electron chi connectivity index (χ1n) is 9.91. The summed E-state index contributed by atoms with van der Waals surface area (Å²) in [6, 6.07) is 12.9. The highest BCUT2D eigenvalue weighted by atomic mass is 35.5. The number of halogens is 1. The number of oxazole rings is 1. The van der Waals surface area contributed by atoms with E-state index in [1.807, 2.05) is 31.2 Å². The third-order valence-electron chi connectivity index (χ3n) is 5.09. The second-order valence-corrected chi connectivity index (χ2v) is 7.76. The fraction of sp³-hybridized carbons (Fsp3) is 0.261. The van der Waals surface area contributed by atoms with E-state index in [2.05, 4.69) is 10.3 Å². The van der Waals surface area contributed by atoms with Crippen molar-refractivity contribution in [1.82, 2.24) is 10.3 Å². The summed E-state index contributed by atoms with van der Waals surface area (Å²) in [6.45, 7) is 3.02. The number of amides is 2. The Bertz CT molecular complexity index is 1080. The lowest BCUT2D eigenvalue weighted by atomic mass is 10.1. The van der Waals surface area contributed by atoms with Crippen molar-refractivity contribution in [3.8, 4) is 11.5 Å². The van der Waals surface area contributed by atoms with Gasteiger partial charge in [0.05, 0.1) is 16.9 Å². The van der Waals surface area contributed by atoms with E-state index in [9.17, 15) is 9.59 Å². The van der Waals surface area contributed by atoms with E-state index < -0.39 is 0 Å². The van der Waals surface area contributed by atoms with Crippen LogP contribution < -0.4 is 10.2 Å². The second kappa shape index (κ2) is 8.71. The van der Waals surface area contributed by atoms with Crippen molar-refractivity contribution in [3.05, 3.63) is 70.6 Å². The minimum atomic E-state index is -0.247. The van der Waals surface area contributed by atoms with Crippen LogP contribution in [0.5, 0.6) is 0 Å².